The summed E-state index contributed by atoms with van der Waals surface area (Å²) in [7, 11) is 0. The van der Waals surface area contributed by atoms with Gasteiger partial charge in [0.25, 0.3) is 0 Å². The van der Waals surface area contributed by atoms with Gasteiger partial charge >= 0.3 is 0 Å². The first-order valence-corrected chi connectivity index (χ1v) is 7.53. The van der Waals surface area contributed by atoms with E-state index >= 15 is 0 Å². The molecule has 0 amide bonds. The number of aliphatic hydroxyl groups excluding tert-OH is 1. The Balaban J connectivity index is 2.30. The van der Waals surface area contributed by atoms with Crippen LogP contribution in [0.5, 0.6) is 5.75 Å². The molecule has 2 aromatic rings. The third-order valence-electron chi connectivity index (χ3n) is 3.55. The Morgan fingerprint density at radius 1 is 1.19 bits per heavy atom. The van der Waals surface area contributed by atoms with Gasteiger partial charge in [-0.1, -0.05) is 44.0 Å². The van der Waals surface area contributed by atoms with Crippen LogP contribution in [0.1, 0.15) is 44.3 Å². The number of unbranched alkanes of at least 4 members (excludes halogenated alkanes) is 2. The second kappa shape index (κ2) is 7.71. The first-order chi connectivity index (χ1) is 10.3. The van der Waals surface area contributed by atoms with Crippen LogP contribution in [0, 0.1) is 12.3 Å². The maximum atomic E-state index is 10.2. The van der Waals surface area contributed by atoms with Crippen molar-refractivity contribution in [1.29, 1.82) is 0 Å². The van der Waals surface area contributed by atoms with Crippen LogP contribution in [0.2, 0.25) is 0 Å². The topological polar surface area (TPSA) is 29.5 Å². The highest BCUT2D eigenvalue weighted by Crippen LogP contribution is 2.32. The maximum Gasteiger partial charge on any atom is 0.125 e. The van der Waals surface area contributed by atoms with E-state index in [9.17, 15) is 5.11 Å². The van der Waals surface area contributed by atoms with E-state index in [1.165, 1.54) is 0 Å². The smallest absolute Gasteiger partial charge is 0.125 e. The molecule has 0 aliphatic rings. The van der Waals surface area contributed by atoms with E-state index < -0.39 is 6.10 Å². The number of terminal acetylenes is 1. The Morgan fingerprint density at radius 3 is 2.57 bits per heavy atom. The molecule has 2 aromatic carbocycles. The highest BCUT2D eigenvalue weighted by molar-refractivity contribution is 5.85. The predicted octanol–water partition coefficient (Wildman–Crippen LogP) is 4.47. The van der Waals surface area contributed by atoms with E-state index in [1.807, 2.05) is 36.4 Å². The SMILES string of the molecule is C#CCC(O)c1cc2ccccc2cc1OCCCCC. The number of hydrogen-bond donors (Lipinski definition) is 1. The number of hydrogen-bond acceptors (Lipinski definition) is 2. The molecule has 0 saturated heterocycles. The summed E-state index contributed by atoms with van der Waals surface area (Å²) in [6, 6.07) is 12.0. The summed E-state index contributed by atoms with van der Waals surface area (Å²) >= 11 is 0. The number of ether oxygens (including phenoxy) is 1. The molecule has 0 aliphatic carbocycles. The molecule has 0 bridgehead atoms. The van der Waals surface area contributed by atoms with Crippen molar-refractivity contribution in [2.75, 3.05) is 6.61 Å². The summed E-state index contributed by atoms with van der Waals surface area (Å²) < 4.78 is 5.89. The fourth-order valence-corrected chi connectivity index (χ4v) is 2.38. The Morgan fingerprint density at radius 2 is 1.90 bits per heavy atom. The lowest BCUT2D eigenvalue weighted by Crippen LogP contribution is -2.04. The Hall–Kier alpha value is -1.98. The van der Waals surface area contributed by atoms with Crippen molar-refractivity contribution in [1.82, 2.24) is 0 Å². The van der Waals surface area contributed by atoms with Crippen molar-refractivity contribution < 1.29 is 9.84 Å². The summed E-state index contributed by atoms with van der Waals surface area (Å²) in [5.41, 5.74) is 0.781. The van der Waals surface area contributed by atoms with Gasteiger partial charge in [-0.25, -0.2) is 0 Å². The number of rotatable bonds is 7. The van der Waals surface area contributed by atoms with Crippen molar-refractivity contribution in [3.63, 3.8) is 0 Å². The molecule has 0 heterocycles. The van der Waals surface area contributed by atoms with E-state index in [1.54, 1.807) is 0 Å². The molecular formula is C19H22O2. The van der Waals surface area contributed by atoms with E-state index in [0.717, 1.165) is 41.3 Å². The van der Waals surface area contributed by atoms with Gasteiger partial charge in [-0.3, -0.25) is 0 Å². The van der Waals surface area contributed by atoms with Crippen LogP contribution in [0.4, 0.5) is 0 Å². The van der Waals surface area contributed by atoms with Gasteiger partial charge in [0.15, 0.2) is 0 Å². The molecule has 21 heavy (non-hydrogen) atoms. The van der Waals surface area contributed by atoms with E-state index in [2.05, 4.69) is 12.8 Å². The molecule has 0 saturated carbocycles. The van der Waals surface area contributed by atoms with Gasteiger partial charge in [0.05, 0.1) is 12.7 Å². The van der Waals surface area contributed by atoms with Crippen LogP contribution >= 0.6 is 0 Å². The van der Waals surface area contributed by atoms with Gasteiger partial charge in [-0.05, 0) is 29.3 Å². The lowest BCUT2D eigenvalue weighted by atomic mass is 10.0. The van der Waals surface area contributed by atoms with E-state index in [0.29, 0.717) is 13.0 Å². The Bertz CT molecular complexity index is 625. The largest absolute Gasteiger partial charge is 0.493 e. The zero-order valence-electron chi connectivity index (χ0n) is 12.5. The molecule has 1 atom stereocenters. The van der Waals surface area contributed by atoms with E-state index in [4.69, 9.17) is 11.2 Å². The summed E-state index contributed by atoms with van der Waals surface area (Å²) in [4.78, 5) is 0. The number of benzene rings is 2. The highest BCUT2D eigenvalue weighted by atomic mass is 16.5. The first-order valence-electron chi connectivity index (χ1n) is 7.53. The predicted molar refractivity (Wildman–Crippen MR) is 87.4 cm³/mol. The van der Waals surface area contributed by atoms with Crippen LogP contribution in [-0.2, 0) is 0 Å². The zero-order chi connectivity index (χ0) is 15.1. The van der Waals surface area contributed by atoms with Gasteiger partial charge in [0.2, 0.25) is 0 Å². The lowest BCUT2D eigenvalue weighted by Gasteiger charge is -2.16. The van der Waals surface area contributed by atoms with Crippen LogP contribution in [-0.4, -0.2) is 11.7 Å². The molecule has 2 heteroatoms. The number of fused-ring (bicyclic) bond motifs is 1. The average Bonchev–Trinajstić information content (AvgIpc) is 2.51. The second-order valence-corrected chi connectivity index (χ2v) is 5.22. The Kier molecular flexibility index (Phi) is 5.66. The fourth-order valence-electron chi connectivity index (χ4n) is 2.38. The molecule has 2 nitrogen and oxygen atoms in total. The molecule has 0 spiro atoms. The Labute approximate surface area is 126 Å². The summed E-state index contributed by atoms with van der Waals surface area (Å²) in [5.74, 6) is 3.26. The highest BCUT2D eigenvalue weighted by Gasteiger charge is 2.14. The third-order valence-corrected chi connectivity index (χ3v) is 3.55. The minimum Gasteiger partial charge on any atom is -0.493 e. The summed E-state index contributed by atoms with van der Waals surface area (Å²) in [6.07, 6.45) is 8.26. The molecule has 0 aromatic heterocycles. The lowest BCUT2D eigenvalue weighted by molar-refractivity contribution is 0.177. The van der Waals surface area contributed by atoms with Crippen LogP contribution in [0.15, 0.2) is 36.4 Å². The van der Waals surface area contributed by atoms with Crippen molar-refractivity contribution in [2.24, 2.45) is 0 Å². The molecule has 110 valence electrons. The standard InChI is InChI=1S/C19H22O2/c1-3-5-8-12-21-19-14-16-11-7-6-10-15(16)13-17(19)18(20)9-4-2/h2,6-7,10-11,13-14,18,20H,3,5,8-9,12H2,1H3. The maximum absolute atomic E-state index is 10.2. The van der Waals surface area contributed by atoms with Gasteiger partial charge in [-0.15, -0.1) is 12.3 Å². The minimum absolute atomic E-state index is 0.295. The van der Waals surface area contributed by atoms with Crippen LogP contribution in [0.25, 0.3) is 10.8 Å². The normalized spacial score (nSPS) is 12.0. The first kappa shape index (κ1) is 15.4. The molecule has 1 N–H and O–H groups in total. The van der Waals surface area contributed by atoms with Gasteiger partial charge in [0.1, 0.15) is 5.75 Å². The van der Waals surface area contributed by atoms with Crippen molar-refractivity contribution in [3.8, 4) is 18.1 Å². The minimum atomic E-state index is -0.680. The van der Waals surface area contributed by atoms with Gasteiger partial charge < -0.3 is 9.84 Å². The van der Waals surface area contributed by atoms with Crippen molar-refractivity contribution in [3.05, 3.63) is 42.0 Å². The average molecular weight is 282 g/mol. The van der Waals surface area contributed by atoms with Gasteiger partial charge in [-0.2, -0.15) is 0 Å². The van der Waals surface area contributed by atoms with E-state index in [-0.39, 0.29) is 0 Å². The summed E-state index contributed by atoms with van der Waals surface area (Å²) in [5, 5.41) is 12.4. The molecule has 0 radical (unpaired) electrons. The molecule has 0 fully saturated rings. The van der Waals surface area contributed by atoms with Crippen LogP contribution < -0.4 is 4.74 Å². The fraction of sp³-hybridized carbons (Fsp3) is 0.368. The second-order valence-electron chi connectivity index (χ2n) is 5.22. The number of aliphatic hydroxyl groups is 1. The quantitative estimate of drug-likeness (QED) is 0.600. The van der Waals surface area contributed by atoms with Crippen molar-refractivity contribution >= 4 is 10.8 Å². The molecule has 2 rings (SSSR count). The molecule has 1 unspecified atom stereocenters. The monoisotopic (exact) mass is 282 g/mol. The molecular weight excluding hydrogens is 260 g/mol. The third kappa shape index (κ3) is 4.00. The zero-order valence-corrected chi connectivity index (χ0v) is 12.5. The van der Waals surface area contributed by atoms with Crippen molar-refractivity contribution in [2.45, 2.75) is 38.7 Å². The molecule has 0 aliphatic heterocycles. The van der Waals surface area contributed by atoms with Gasteiger partial charge in [0, 0.05) is 12.0 Å². The van der Waals surface area contributed by atoms with Crippen LogP contribution in [0.3, 0.4) is 0 Å². The summed E-state index contributed by atoms with van der Waals surface area (Å²) in [6.45, 7) is 2.83.